The minimum atomic E-state index is -0.779. The lowest BCUT2D eigenvalue weighted by atomic mass is 10.0. The molecule has 1 aromatic rings. The van der Waals surface area contributed by atoms with Crippen molar-refractivity contribution in [2.75, 3.05) is 5.32 Å². The molecule has 0 saturated carbocycles. The van der Waals surface area contributed by atoms with E-state index in [1.807, 2.05) is 13.8 Å². The highest BCUT2D eigenvalue weighted by atomic mass is 19.1. The van der Waals surface area contributed by atoms with E-state index in [9.17, 15) is 19.5 Å². The van der Waals surface area contributed by atoms with Gasteiger partial charge in [-0.15, -0.1) is 0 Å². The van der Waals surface area contributed by atoms with Gasteiger partial charge in [0, 0.05) is 6.04 Å². The van der Waals surface area contributed by atoms with Gasteiger partial charge in [-0.25, -0.2) is 9.18 Å². The molecule has 2 heterocycles. The highest BCUT2D eigenvalue weighted by Crippen LogP contribution is 2.37. The summed E-state index contributed by atoms with van der Waals surface area (Å²) in [6.45, 7) is 5.57. The minimum Gasteiger partial charge on any atom is -0.507 e. The molecule has 7 nitrogen and oxygen atoms in total. The van der Waals surface area contributed by atoms with Crippen LogP contribution in [0.3, 0.4) is 0 Å². The molecule has 0 unspecified atom stereocenters. The van der Waals surface area contributed by atoms with Crippen molar-refractivity contribution in [3.05, 3.63) is 46.1 Å². The van der Waals surface area contributed by atoms with Gasteiger partial charge in [-0.05, 0) is 44.0 Å². The fraction of sp³-hybridized carbons (Fsp3) is 0.278. The molecule has 3 rings (SSSR count). The third kappa shape index (κ3) is 2.94. The Labute approximate surface area is 149 Å². The second kappa shape index (κ2) is 6.62. The van der Waals surface area contributed by atoms with E-state index in [1.165, 1.54) is 18.2 Å². The van der Waals surface area contributed by atoms with E-state index in [0.717, 1.165) is 6.42 Å². The lowest BCUT2D eigenvalue weighted by molar-refractivity contribution is 0.190. The average molecular weight is 358 g/mol. The molecule has 0 spiro atoms. The van der Waals surface area contributed by atoms with Crippen LogP contribution >= 0.6 is 0 Å². The highest BCUT2D eigenvalue weighted by molar-refractivity contribution is 5.79. The summed E-state index contributed by atoms with van der Waals surface area (Å²) >= 11 is 0. The van der Waals surface area contributed by atoms with Crippen molar-refractivity contribution in [1.82, 2.24) is 14.7 Å². The predicted octanol–water partition coefficient (Wildman–Crippen LogP) is 3.01. The van der Waals surface area contributed by atoms with Crippen LogP contribution in [-0.4, -0.2) is 31.1 Å². The van der Waals surface area contributed by atoms with Crippen LogP contribution in [0.2, 0.25) is 0 Å². The monoisotopic (exact) mass is 358 g/mol. The van der Waals surface area contributed by atoms with Crippen molar-refractivity contribution in [3.63, 3.8) is 0 Å². The summed E-state index contributed by atoms with van der Waals surface area (Å²) in [6, 6.07) is 5.55. The number of phenols is 1. The van der Waals surface area contributed by atoms with Gasteiger partial charge in [0.05, 0.1) is 16.8 Å². The lowest BCUT2D eigenvalue weighted by Crippen LogP contribution is -2.24. The molecule has 1 aromatic carbocycles. The normalized spacial score (nSPS) is 12.3. The van der Waals surface area contributed by atoms with Gasteiger partial charge in [0.25, 0.3) is 0 Å². The molecule has 8 heteroatoms. The minimum absolute atomic E-state index is 0.0145. The van der Waals surface area contributed by atoms with Crippen LogP contribution < -0.4 is 11.0 Å². The summed E-state index contributed by atoms with van der Waals surface area (Å²) in [6.07, 6.45) is 0.805. The Kier molecular flexibility index (Phi) is 4.50. The lowest BCUT2D eigenvalue weighted by Gasteiger charge is -2.21. The number of aryl methyl sites for hydroxylation is 1. The number of nitrogens with one attached hydrogen (secondary N) is 1. The molecule has 2 aliphatic heterocycles. The van der Waals surface area contributed by atoms with E-state index in [0.29, 0.717) is 21.7 Å². The second-order valence-electron chi connectivity index (χ2n) is 6.17. The van der Waals surface area contributed by atoms with Crippen molar-refractivity contribution in [3.8, 4) is 28.4 Å². The standard InChI is InChI=1S/C18H19FN4O3/c1-4-10(3)20-16-11-8-9(2)15(14-12(19)6-5-7-13(14)24)23(26)17(11)22-18(25)21-16/h5-8,10,24,26H,4H2,1-3H3,(H,20,21,25)/t10-/m0/s1. The van der Waals surface area contributed by atoms with E-state index in [4.69, 9.17) is 0 Å². The largest absolute Gasteiger partial charge is 0.507 e. The number of benzene rings is 1. The first-order chi connectivity index (χ1) is 12.3. The Morgan fingerprint density at radius 3 is 2.73 bits per heavy atom. The Hall–Kier alpha value is -3.16. The van der Waals surface area contributed by atoms with Crippen molar-refractivity contribution in [2.24, 2.45) is 0 Å². The summed E-state index contributed by atoms with van der Waals surface area (Å²) in [5.41, 5.74) is -0.0319. The zero-order valence-electron chi connectivity index (χ0n) is 14.6. The van der Waals surface area contributed by atoms with Crippen LogP contribution in [0, 0.1) is 12.7 Å². The zero-order valence-corrected chi connectivity index (χ0v) is 14.6. The zero-order chi connectivity index (χ0) is 19.0. The quantitative estimate of drug-likeness (QED) is 0.620. The summed E-state index contributed by atoms with van der Waals surface area (Å²) in [5.74, 6) is -0.808. The van der Waals surface area contributed by atoms with Crippen LogP contribution in [0.1, 0.15) is 25.8 Å². The maximum atomic E-state index is 14.3. The summed E-state index contributed by atoms with van der Waals surface area (Å²) < 4.78 is 14.9. The highest BCUT2D eigenvalue weighted by Gasteiger charge is 2.24. The molecule has 1 atom stereocenters. The molecule has 3 N–H and O–H groups in total. The number of pyridine rings is 1. The molecule has 136 valence electrons. The number of nitrogens with zero attached hydrogens (tertiary/aromatic N) is 3. The Morgan fingerprint density at radius 1 is 1.35 bits per heavy atom. The third-order valence-corrected chi connectivity index (χ3v) is 4.28. The SMILES string of the molecule is CC[C@H](C)Nc1nc(=O)nc2n(O)c(-c3c(O)cccc3F)c(C)cc1-2. The smallest absolute Gasteiger partial charge is 0.371 e. The van der Waals surface area contributed by atoms with Crippen molar-refractivity contribution < 1.29 is 14.7 Å². The molecule has 0 radical (unpaired) electrons. The third-order valence-electron chi connectivity index (χ3n) is 4.28. The van der Waals surface area contributed by atoms with E-state index in [-0.39, 0.29) is 28.9 Å². The van der Waals surface area contributed by atoms with Crippen molar-refractivity contribution >= 4 is 5.82 Å². The molecule has 0 bridgehead atoms. The van der Waals surface area contributed by atoms with Crippen molar-refractivity contribution in [1.29, 1.82) is 0 Å². The molecule has 0 aromatic heterocycles. The molecule has 2 aliphatic rings. The van der Waals surface area contributed by atoms with E-state index in [1.54, 1.807) is 13.0 Å². The van der Waals surface area contributed by atoms with Gasteiger partial charge >= 0.3 is 5.69 Å². The number of aromatic hydroxyl groups is 1. The molecule has 0 saturated heterocycles. The number of fused-ring (bicyclic) bond motifs is 1. The van der Waals surface area contributed by atoms with Crippen LogP contribution in [0.25, 0.3) is 22.6 Å². The Morgan fingerprint density at radius 2 is 2.08 bits per heavy atom. The van der Waals surface area contributed by atoms with E-state index < -0.39 is 11.5 Å². The van der Waals surface area contributed by atoms with Crippen LogP contribution in [-0.2, 0) is 0 Å². The molecular weight excluding hydrogens is 339 g/mol. The topological polar surface area (TPSA) is 100 Å². The first-order valence-electron chi connectivity index (χ1n) is 8.21. The van der Waals surface area contributed by atoms with Crippen LogP contribution in [0.4, 0.5) is 10.2 Å². The van der Waals surface area contributed by atoms with E-state index >= 15 is 0 Å². The summed E-state index contributed by atoms with van der Waals surface area (Å²) in [7, 11) is 0. The van der Waals surface area contributed by atoms with Crippen LogP contribution in [0.15, 0.2) is 29.1 Å². The van der Waals surface area contributed by atoms with Gasteiger partial charge in [0.2, 0.25) is 0 Å². The maximum absolute atomic E-state index is 14.3. The summed E-state index contributed by atoms with van der Waals surface area (Å²) in [4.78, 5) is 19.5. The number of hydrogen-bond acceptors (Lipinski definition) is 6. The number of aromatic nitrogens is 3. The number of rotatable bonds is 4. The molecule has 0 fully saturated rings. The molecular formula is C18H19FN4O3. The number of anilines is 1. The van der Waals surface area contributed by atoms with Gasteiger partial charge in [-0.2, -0.15) is 14.7 Å². The molecule has 0 aliphatic carbocycles. The Balaban J connectivity index is 2.32. The number of phenolic OH excluding ortho intramolecular Hbond substituents is 1. The van der Waals surface area contributed by atoms with Gasteiger partial charge in [-0.3, -0.25) is 0 Å². The number of hydrogen-bond donors (Lipinski definition) is 3. The van der Waals surface area contributed by atoms with Gasteiger partial charge in [-0.1, -0.05) is 13.0 Å². The van der Waals surface area contributed by atoms with Gasteiger partial charge in [0.1, 0.15) is 17.4 Å². The van der Waals surface area contributed by atoms with Crippen molar-refractivity contribution in [2.45, 2.75) is 33.2 Å². The fourth-order valence-electron chi connectivity index (χ4n) is 2.79. The average Bonchev–Trinajstić information content (AvgIpc) is 2.58. The van der Waals surface area contributed by atoms with Gasteiger partial charge < -0.3 is 15.6 Å². The maximum Gasteiger partial charge on any atom is 0.371 e. The predicted molar refractivity (Wildman–Crippen MR) is 95.3 cm³/mol. The molecule has 0 amide bonds. The first-order valence-corrected chi connectivity index (χ1v) is 8.21. The summed E-state index contributed by atoms with van der Waals surface area (Å²) in [5, 5.41) is 23.8. The Bertz CT molecular complexity index is 982. The van der Waals surface area contributed by atoms with Crippen LogP contribution in [0.5, 0.6) is 5.75 Å². The van der Waals surface area contributed by atoms with E-state index in [2.05, 4.69) is 15.3 Å². The first kappa shape index (κ1) is 17.7. The second-order valence-corrected chi connectivity index (χ2v) is 6.17. The van der Waals surface area contributed by atoms with Gasteiger partial charge in [0.15, 0.2) is 5.82 Å². The number of halogens is 1. The molecule has 26 heavy (non-hydrogen) atoms. The fourth-order valence-corrected chi connectivity index (χ4v) is 2.79.